The van der Waals surface area contributed by atoms with Crippen molar-refractivity contribution in [2.75, 3.05) is 13.7 Å². The van der Waals surface area contributed by atoms with Crippen LogP contribution in [-0.2, 0) is 4.74 Å². The highest BCUT2D eigenvalue weighted by atomic mass is 16.7. The average Bonchev–Trinajstić information content (AvgIpc) is 2.81. The highest BCUT2D eigenvalue weighted by Crippen LogP contribution is 2.24. The first kappa shape index (κ1) is 24.7. The molecule has 0 unspecified atom stereocenters. The maximum Gasteiger partial charge on any atom is 0.514 e. The first-order chi connectivity index (χ1) is 16.2. The Balaban J connectivity index is 1.65. The number of likely N-dealkylation sites (N-methyl/N-ethyl adjacent to an activating group) is 1. The predicted molar refractivity (Wildman–Crippen MR) is 122 cm³/mol. The highest BCUT2D eigenvalue weighted by molar-refractivity contribution is 5.66. The lowest BCUT2D eigenvalue weighted by Gasteiger charge is -2.23. The van der Waals surface area contributed by atoms with Gasteiger partial charge in [0.2, 0.25) is 5.88 Å². The molecule has 0 amide bonds. The van der Waals surface area contributed by atoms with Crippen LogP contribution in [-0.4, -0.2) is 45.8 Å². The second-order valence-electron chi connectivity index (χ2n) is 7.89. The number of carbonyl (C=O) groups excluding carboxylic acids is 1. The normalized spacial score (nSPS) is 14.7. The molecule has 0 aliphatic heterocycles. The van der Waals surface area contributed by atoms with Gasteiger partial charge in [0.05, 0.1) is 22.5 Å². The van der Waals surface area contributed by atoms with Crippen molar-refractivity contribution < 1.29 is 23.9 Å². The van der Waals surface area contributed by atoms with Crippen molar-refractivity contribution in [1.29, 1.82) is 0 Å². The van der Waals surface area contributed by atoms with E-state index in [1.54, 1.807) is 6.92 Å². The Bertz CT molecular complexity index is 1050. The number of nitro groups is 1. The van der Waals surface area contributed by atoms with E-state index in [-0.39, 0.29) is 35.5 Å². The first-order valence-corrected chi connectivity index (χ1v) is 10.8. The average molecular weight is 473 g/mol. The molecule has 12 nitrogen and oxygen atoms in total. The van der Waals surface area contributed by atoms with Gasteiger partial charge in [-0.1, -0.05) is 6.42 Å². The molecule has 1 aliphatic carbocycles. The van der Waals surface area contributed by atoms with E-state index >= 15 is 0 Å². The molecule has 1 aliphatic rings. The SMILES string of the molecule is Cc1nc(/C(N)=C(\COC(=O)Oc2ccc([N+](=O)[O-])cc2)N(C)N)cnc1OC1CCCCC1. The molecule has 12 heteroatoms. The minimum Gasteiger partial charge on any atom is -0.473 e. The van der Waals surface area contributed by atoms with Gasteiger partial charge in [0, 0.05) is 19.2 Å². The van der Waals surface area contributed by atoms with Crippen molar-refractivity contribution in [2.45, 2.75) is 45.1 Å². The number of hydrazine groups is 1. The number of benzene rings is 1. The van der Waals surface area contributed by atoms with E-state index in [2.05, 4.69) is 9.97 Å². The van der Waals surface area contributed by atoms with Crippen molar-refractivity contribution >= 4 is 17.5 Å². The van der Waals surface area contributed by atoms with Crippen molar-refractivity contribution in [3.05, 3.63) is 57.7 Å². The number of nitrogens with zero attached hydrogens (tertiary/aromatic N) is 4. The molecule has 1 fully saturated rings. The summed E-state index contributed by atoms with van der Waals surface area (Å²) in [6.07, 6.45) is 6.11. The molecule has 1 heterocycles. The van der Waals surface area contributed by atoms with Crippen LogP contribution < -0.4 is 21.1 Å². The van der Waals surface area contributed by atoms with Crippen molar-refractivity contribution in [2.24, 2.45) is 11.6 Å². The molecule has 0 radical (unpaired) electrons. The monoisotopic (exact) mass is 472 g/mol. The van der Waals surface area contributed by atoms with Crippen LogP contribution >= 0.6 is 0 Å². The second-order valence-corrected chi connectivity index (χ2v) is 7.89. The summed E-state index contributed by atoms with van der Waals surface area (Å²) in [5, 5.41) is 11.9. The number of aromatic nitrogens is 2. The number of ether oxygens (including phenoxy) is 3. The van der Waals surface area contributed by atoms with Gasteiger partial charge >= 0.3 is 6.16 Å². The van der Waals surface area contributed by atoms with E-state index < -0.39 is 11.1 Å². The van der Waals surface area contributed by atoms with Crippen LogP contribution in [0.3, 0.4) is 0 Å². The van der Waals surface area contributed by atoms with Gasteiger partial charge in [0.25, 0.3) is 5.69 Å². The molecule has 0 spiro atoms. The van der Waals surface area contributed by atoms with Gasteiger partial charge in [-0.3, -0.25) is 10.1 Å². The molecule has 4 N–H and O–H groups in total. The number of nitro benzene ring substituents is 1. The molecule has 1 saturated carbocycles. The molecule has 1 aromatic heterocycles. The maximum absolute atomic E-state index is 12.1. The van der Waals surface area contributed by atoms with Crippen LogP contribution in [0.1, 0.15) is 43.5 Å². The fraction of sp³-hybridized carbons (Fsp3) is 0.409. The first-order valence-electron chi connectivity index (χ1n) is 10.8. The zero-order valence-electron chi connectivity index (χ0n) is 19.1. The molecular formula is C22H28N6O6. The van der Waals surface area contributed by atoms with E-state index in [4.69, 9.17) is 25.8 Å². The fourth-order valence-corrected chi connectivity index (χ4v) is 3.46. The number of hydrogen-bond donors (Lipinski definition) is 2. The maximum atomic E-state index is 12.1. The molecule has 34 heavy (non-hydrogen) atoms. The van der Waals surface area contributed by atoms with E-state index in [0.29, 0.717) is 17.3 Å². The molecule has 2 aromatic rings. The van der Waals surface area contributed by atoms with Gasteiger partial charge in [0.1, 0.15) is 29.8 Å². The lowest BCUT2D eigenvalue weighted by molar-refractivity contribution is -0.384. The highest BCUT2D eigenvalue weighted by Gasteiger charge is 2.19. The van der Waals surface area contributed by atoms with Crippen LogP contribution in [0.2, 0.25) is 0 Å². The molecule has 0 atom stereocenters. The van der Waals surface area contributed by atoms with Gasteiger partial charge in [-0.05, 0) is 44.7 Å². The smallest absolute Gasteiger partial charge is 0.473 e. The number of carbonyl (C=O) groups is 1. The number of rotatable bonds is 8. The Labute approximate surface area is 196 Å². The van der Waals surface area contributed by atoms with E-state index in [0.717, 1.165) is 25.7 Å². The summed E-state index contributed by atoms with van der Waals surface area (Å²) in [4.78, 5) is 31.1. The summed E-state index contributed by atoms with van der Waals surface area (Å²) in [5.41, 5.74) is 7.51. The van der Waals surface area contributed by atoms with Crippen LogP contribution in [0.25, 0.3) is 5.70 Å². The van der Waals surface area contributed by atoms with Crippen molar-refractivity contribution in [1.82, 2.24) is 15.0 Å². The van der Waals surface area contributed by atoms with Crippen LogP contribution in [0.5, 0.6) is 11.6 Å². The molecular weight excluding hydrogens is 444 g/mol. The van der Waals surface area contributed by atoms with E-state index in [1.807, 2.05) is 0 Å². The van der Waals surface area contributed by atoms with E-state index in [9.17, 15) is 14.9 Å². The van der Waals surface area contributed by atoms with Crippen molar-refractivity contribution in [3.8, 4) is 11.6 Å². The Morgan fingerprint density at radius 2 is 1.91 bits per heavy atom. The lowest BCUT2D eigenvalue weighted by Crippen LogP contribution is -2.31. The third-order valence-corrected chi connectivity index (χ3v) is 5.32. The Morgan fingerprint density at radius 3 is 2.50 bits per heavy atom. The summed E-state index contributed by atoms with van der Waals surface area (Å²) in [6, 6.07) is 4.99. The van der Waals surface area contributed by atoms with Crippen molar-refractivity contribution in [3.63, 3.8) is 0 Å². The fourth-order valence-electron chi connectivity index (χ4n) is 3.46. The number of aryl methyl sites for hydroxylation is 1. The largest absolute Gasteiger partial charge is 0.514 e. The zero-order chi connectivity index (χ0) is 24.7. The van der Waals surface area contributed by atoms with Gasteiger partial charge in [0.15, 0.2) is 0 Å². The van der Waals surface area contributed by atoms with Gasteiger partial charge in [-0.25, -0.2) is 20.6 Å². The third-order valence-electron chi connectivity index (χ3n) is 5.32. The van der Waals surface area contributed by atoms with Crippen LogP contribution in [0, 0.1) is 17.0 Å². The minimum atomic E-state index is -1.03. The second kappa shape index (κ2) is 11.3. The van der Waals surface area contributed by atoms with E-state index in [1.165, 1.54) is 48.9 Å². The zero-order valence-corrected chi connectivity index (χ0v) is 19.1. The Hall–Kier alpha value is -3.93. The Kier molecular flexibility index (Phi) is 8.19. The Morgan fingerprint density at radius 1 is 1.24 bits per heavy atom. The lowest BCUT2D eigenvalue weighted by atomic mass is 9.98. The molecule has 1 aromatic carbocycles. The molecule has 0 bridgehead atoms. The topological polar surface area (TPSA) is 169 Å². The summed E-state index contributed by atoms with van der Waals surface area (Å²) in [6.45, 7) is 1.48. The van der Waals surface area contributed by atoms with Crippen LogP contribution in [0.4, 0.5) is 10.5 Å². The third kappa shape index (κ3) is 6.54. The minimum absolute atomic E-state index is 0.0882. The molecule has 3 rings (SSSR count). The number of hydrogen-bond acceptors (Lipinski definition) is 11. The number of nitrogens with two attached hydrogens (primary N) is 2. The summed E-state index contributed by atoms with van der Waals surface area (Å²) in [5.74, 6) is 6.43. The number of non-ortho nitro benzene ring substituents is 1. The van der Waals surface area contributed by atoms with Gasteiger partial charge in [-0.2, -0.15) is 0 Å². The summed E-state index contributed by atoms with van der Waals surface area (Å²) < 4.78 is 16.1. The van der Waals surface area contributed by atoms with Gasteiger partial charge < -0.3 is 25.0 Å². The summed E-state index contributed by atoms with van der Waals surface area (Å²) in [7, 11) is 1.54. The quantitative estimate of drug-likeness (QED) is 0.190. The molecule has 0 saturated heterocycles. The summed E-state index contributed by atoms with van der Waals surface area (Å²) >= 11 is 0. The predicted octanol–water partition coefficient (Wildman–Crippen LogP) is 3.05. The standard InChI is InChI=1S/C22H28N6O6/c1-14-21(33-16-6-4-3-5-7-16)25-12-18(26-14)20(23)19(27(2)24)13-32-22(29)34-17-10-8-15(9-11-17)28(30)31/h8-12,16H,3-7,13,23-24H2,1-2H3/b20-19-. The molecule has 182 valence electrons. The van der Waals surface area contributed by atoms with Gasteiger partial charge in [-0.15, -0.1) is 0 Å². The van der Waals surface area contributed by atoms with Crippen LogP contribution in [0.15, 0.2) is 36.2 Å².